The molecule has 28 heavy (non-hydrogen) atoms. The predicted molar refractivity (Wildman–Crippen MR) is 103 cm³/mol. The summed E-state index contributed by atoms with van der Waals surface area (Å²) >= 11 is 0. The SMILES string of the molecule is N#Cc1ccc(OCCOC(=O)c2ccc(C(=O)c3ccccc3)cc2)cc1. The van der Waals surface area contributed by atoms with Gasteiger partial charge in [-0.1, -0.05) is 42.5 Å². The summed E-state index contributed by atoms with van der Waals surface area (Å²) in [6.07, 6.45) is 0. The second-order valence-corrected chi connectivity index (χ2v) is 5.89. The zero-order chi connectivity index (χ0) is 19.8. The maximum Gasteiger partial charge on any atom is 0.338 e. The first-order chi connectivity index (χ1) is 13.7. The maximum absolute atomic E-state index is 12.4. The van der Waals surface area contributed by atoms with Crippen LogP contribution in [0.25, 0.3) is 0 Å². The Kier molecular flexibility index (Phi) is 6.17. The lowest BCUT2D eigenvalue weighted by Gasteiger charge is -2.08. The summed E-state index contributed by atoms with van der Waals surface area (Å²) in [4.78, 5) is 24.5. The van der Waals surface area contributed by atoms with Gasteiger partial charge in [0, 0.05) is 11.1 Å². The molecule has 0 amide bonds. The summed E-state index contributed by atoms with van der Waals surface area (Å²) < 4.78 is 10.6. The lowest BCUT2D eigenvalue weighted by Crippen LogP contribution is -2.12. The third-order valence-corrected chi connectivity index (χ3v) is 3.99. The smallest absolute Gasteiger partial charge is 0.338 e. The van der Waals surface area contributed by atoms with E-state index in [-0.39, 0.29) is 19.0 Å². The number of benzene rings is 3. The van der Waals surface area contributed by atoms with Gasteiger partial charge in [0.15, 0.2) is 5.78 Å². The molecule has 0 aromatic heterocycles. The fourth-order valence-corrected chi connectivity index (χ4v) is 2.52. The molecule has 0 saturated heterocycles. The molecule has 0 bridgehead atoms. The second kappa shape index (κ2) is 9.15. The first kappa shape index (κ1) is 18.9. The Morgan fingerprint density at radius 3 is 2.00 bits per heavy atom. The van der Waals surface area contributed by atoms with E-state index in [0.717, 1.165) is 0 Å². The van der Waals surface area contributed by atoms with Gasteiger partial charge in [0.05, 0.1) is 17.2 Å². The monoisotopic (exact) mass is 371 g/mol. The van der Waals surface area contributed by atoms with Crippen LogP contribution in [0, 0.1) is 11.3 Å². The molecular weight excluding hydrogens is 354 g/mol. The molecule has 0 aliphatic carbocycles. The molecule has 5 heteroatoms. The Balaban J connectivity index is 1.49. The Labute approximate surface area is 162 Å². The number of carbonyl (C=O) groups excluding carboxylic acids is 2. The van der Waals surface area contributed by atoms with E-state index in [2.05, 4.69) is 0 Å². The van der Waals surface area contributed by atoms with E-state index in [9.17, 15) is 9.59 Å². The van der Waals surface area contributed by atoms with Crippen molar-refractivity contribution in [2.45, 2.75) is 0 Å². The lowest BCUT2D eigenvalue weighted by molar-refractivity contribution is 0.0450. The van der Waals surface area contributed by atoms with E-state index in [4.69, 9.17) is 14.7 Å². The van der Waals surface area contributed by atoms with E-state index < -0.39 is 5.97 Å². The summed E-state index contributed by atoms with van der Waals surface area (Å²) in [5, 5.41) is 8.75. The van der Waals surface area contributed by atoms with Crippen LogP contribution in [0.2, 0.25) is 0 Å². The van der Waals surface area contributed by atoms with E-state index >= 15 is 0 Å². The molecule has 0 unspecified atom stereocenters. The van der Waals surface area contributed by atoms with E-state index in [1.54, 1.807) is 72.8 Å². The van der Waals surface area contributed by atoms with Crippen LogP contribution in [-0.2, 0) is 4.74 Å². The van der Waals surface area contributed by atoms with Gasteiger partial charge in [0.1, 0.15) is 19.0 Å². The summed E-state index contributed by atoms with van der Waals surface area (Å²) in [5.41, 5.74) is 2.01. The minimum atomic E-state index is -0.484. The first-order valence-corrected chi connectivity index (χ1v) is 8.67. The molecule has 0 heterocycles. The molecule has 0 fully saturated rings. The van der Waals surface area contributed by atoms with E-state index in [1.165, 1.54) is 0 Å². The van der Waals surface area contributed by atoms with Gasteiger partial charge in [0.25, 0.3) is 0 Å². The lowest BCUT2D eigenvalue weighted by atomic mass is 10.0. The van der Waals surface area contributed by atoms with Gasteiger partial charge in [-0.25, -0.2) is 4.79 Å². The molecule has 0 aliphatic heterocycles. The molecule has 0 saturated carbocycles. The molecule has 3 rings (SSSR count). The van der Waals surface area contributed by atoms with Crippen LogP contribution in [0.4, 0.5) is 0 Å². The van der Waals surface area contributed by atoms with Gasteiger partial charge in [-0.2, -0.15) is 5.26 Å². The van der Waals surface area contributed by atoms with Gasteiger partial charge < -0.3 is 9.47 Å². The first-order valence-electron chi connectivity index (χ1n) is 8.67. The van der Waals surface area contributed by atoms with Gasteiger partial charge in [-0.05, 0) is 36.4 Å². The van der Waals surface area contributed by atoms with Crippen LogP contribution < -0.4 is 4.74 Å². The van der Waals surface area contributed by atoms with Crippen LogP contribution in [0.5, 0.6) is 5.75 Å². The van der Waals surface area contributed by atoms with Crippen molar-refractivity contribution in [1.29, 1.82) is 5.26 Å². The van der Waals surface area contributed by atoms with E-state index in [1.807, 2.05) is 12.1 Å². The third kappa shape index (κ3) is 4.83. The zero-order valence-corrected chi connectivity index (χ0v) is 15.0. The zero-order valence-electron chi connectivity index (χ0n) is 15.0. The van der Waals surface area contributed by atoms with Crippen LogP contribution >= 0.6 is 0 Å². The average Bonchev–Trinajstić information content (AvgIpc) is 2.77. The minimum Gasteiger partial charge on any atom is -0.490 e. The molecule has 0 radical (unpaired) electrons. The number of hydrogen-bond acceptors (Lipinski definition) is 5. The summed E-state index contributed by atoms with van der Waals surface area (Å²) in [6.45, 7) is 0.283. The Hall–Kier alpha value is -3.91. The van der Waals surface area contributed by atoms with Crippen molar-refractivity contribution >= 4 is 11.8 Å². The van der Waals surface area contributed by atoms with Gasteiger partial charge in [0.2, 0.25) is 0 Å². The van der Waals surface area contributed by atoms with Gasteiger partial charge in [-0.15, -0.1) is 0 Å². The number of hydrogen-bond donors (Lipinski definition) is 0. The summed E-state index contributed by atoms with van der Waals surface area (Å²) in [5.74, 6) is 0.0114. The summed E-state index contributed by atoms with van der Waals surface area (Å²) in [7, 11) is 0. The molecule has 0 spiro atoms. The number of rotatable bonds is 7. The van der Waals surface area contributed by atoms with Crippen molar-refractivity contribution in [2.75, 3.05) is 13.2 Å². The Morgan fingerprint density at radius 2 is 1.36 bits per heavy atom. The van der Waals surface area contributed by atoms with Crippen molar-refractivity contribution in [1.82, 2.24) is 0 Å². The second-order valence-electron chi connectivity index (χ2n) is 5.89. The largest absolute Gasteiger partial charge is 0.490 e. The van der Waals surface area contributed by atoms with Gasteiger partial charge in [-0.3, -0.25) is 4.79 Å². The molecular formula is C23H17NO4. The minimum absolute atomic E-state index is 0.0868. The molecule has 0 N–H and O–H groups in total. The Bertz CT molecular complexity index is 988. The molecule has 5 nitrogen and oxygen atoms in total. The van der Waals surface area contributed by atoms with Crippen molar-refractivity contribution in [2.24, 2.45) is 0 Å². The molecule has 0 aliphatic rings. The highest BCUT2D eigenvalue weighted by atomic mass is 16.6. The topological polar surface area (TPSA) is 76.4 Å². The number of nitriles is 1. The van der Waals surface area contributed by atoms with Crippen LogP contribution in [-0.4, -0.2) is 25.0 Å². The maximum atomic E-state index is 12.4. The van der Waals surface area contributed by atoms with Crippen molar-refractivity contribution in [3.8, 4) is 11.8 Å². The average molecular weight is 371 g/mol. The molecule has 0 atom stereocenters. The Morgan fingerprint density at radius 1 is 0.750 bits per heavy atom. The predicted octanol–water partition coefficient (Wildman–Crippen LogP) is 4.03. The number of ketones is 1. The van der Waals surface area contributed by atoms with Gasteiger partial charge >= 0.3 is 5.97 Å². The number of ether oxygens (including phenoxy) is 2. The highest BCUT2D eigenvalue weighted by Gasteiger charge is 2.11. The molecule has 3 aromatic carbocycles. The van der Waals surface area contributed by atoms with Crippen LogP contribution in [0.1, 0.15) is 31.8 Å². The highest BCUT2D eigenvalue weighted by molar-refractivity contribution is 6.09. The van der Waals surface area contributed by atoms with E-state index in [0.29, 0.717) is 28.0 Å². The fraction of sp³-hybridized carbons (Fsp3) is 0.0870. The number of nitrogens with zero attached hydrogens (tertiary/aromatic N) is 1. The normalized spacial score (nSPS) is 9.96. The van der Waals surface area contributed by atoms with Crippen molar-refractivity contribution < 1.29 is 19.1 Å². The van der Waals surface area contributed by atoms with Crippen molar-refractivity contribution in [3.63, 3.8) is 0 Å². The fourth-order valence-electron chi connectivity index (χ4n) is 2.52. The summed E-state index contributed by atoms with van der Waals surface area (Å²) in [6, 6.07) is 24.0. The number of carbonyl (C=O) groups is 2. The van der Waals surface area contributed by atoms with Crippen LogP contribution in [0.3, 0.4) is 0 Å². The standard InChI is InChI=1S/C23H17NO4/c24-16-17-6-12-21(13-7-17)27-14-15-28-23(26)20-10-8-19(9-11-20)22(25)18-4-2-1-3-5-18/h1-13H,14-15H2. The molecule has 3 aromatic rings. The number of esters is 1. The molecule has 138 valence electrons. The third-order valence-electron chi connectivity index (χ3n) is 3.99. The van der Waals surface area contributed by atoms with Crippen molar-refractivity contribution in [3.05, 3.63) is 101 Å². The highest BCUT2D eigenvalue weighted by Crippen LogP contribution is 2.13. The quantitative estimate of drug-likeness (QED) is 0.356. The van der Waals surface area contributed by atoms with Crippen LogP contribution in [0.15, 0.2) is 78.9 Å².